The topological polar surface area (TPSA) is 113 Å². The minimum atomic E-state index is -1.24. The number of urea groups is 1. The van der Waals surface area contributed by atoms with Crippen LogP contribution in [0, 0.1) is 3.57 Å². The van der Waals surface area contributed by atoms with Crippen molar-refractivity contribution in [3.8, 4) is 0 Å². The lowest BCUT2D eigenvalue weighted by Crippen LogP contribution is -2.43. The predicted molar refractivity (Wildman–Crippen MR) is 81.6 cm³/mol. The number of carbonyl (C=O) groups is 3. The van der Waals surface area contributed by atoms with E-state index >= 15 is 0 Å². The van der Waals surface area contributed by atoms with Gasteiger partial charge < -0.3 is 21.1 Å². The van der Waals surface area contributed by atoms with Crippen molar-refractivity contribution in [2.24, 2.45) is 5.73 Å². The lowest BCUT2D eigenvalue weighted by Gasteiger charge is -2.20. The van der Waals surface area contributed by atoms with E-state index in [1.165, 1.54) is 0 Å². The second kappa shape index (κ2) is 7.29. The van der Waals surface area contributed by atoms with Crippen LogP contribution in [-0.2, 0) is 9.59 Å². The Morgan fingerprint density at radius 2 is 2.00 bits per heavy atom. The molecule has 0 heterocycles. The molecule has 0 fully saturated rings. The van der Waals surface area contributed by atoms with Crippen molar-refractivity contribution in [3.63, 3.8) is 0 Å². The second-order valence-corrected chi connectivity index (χ2v) is 5.37. The van der Waals surface area contributed by atoms with E-state index in [-0.39, 0.29) is 0 Å². The van der Waals surface area contributed by atoms with Crippen LogP contribution in [0.4, 0.5) is 10.5 Å². The number of carboxylic acids is 1. The zero-order valence-corrected chi connectivity index (χ0v) is 13.0. The molecule has 0 aliphatic carbocycles. The van der Waals surface area contributed by atoms with E-state index < -0.39 is 31.0 Å². The molecular formula is C11H11ClIN3O4. The maximum Gasteiger partial charge on any atom is 0.323 e. The standard InChI is InChI=1S/C11H11ClIN3O4/c12-6-1-2-8(7(13)3-6)15-11(20)16(4-9(14)17)5-10(18)19/h1-3H,4-5H2,(H2,14,17)(H,15,20)(H,18,19). The first kappa shape index (κ1) is 16.5. The van der Waals surface area contributed by atoms with Gasteiger partial charge in [-0.1, -0.05) is 11.6 Å². The lowest BCUT2D eigenvalue weighted by molar-refractivity contribution is -0.137. The van der Waals surface area contributed by atoms with Crippen molar-refractivity contribution in [2.75, 3.05) is 18.4 Å². The highest BCUT2D eigenvalue weighted by atomic mass is 127. The molecule has 0 bridgehead atoms. The molecule has 9 heteroatoms. The Morgan fingerprint density at radius 1 is 1.35 bits per heavy atom. The molecule has 0 unspecified atom stereocenters. The number of nitrogens with two attached hydrogens (primary N) is 1. The molecule has 0 atom stereocenters. The molecule has 4 N–H and O–H groups in total. The minimum absolute atomic E-state index is 0.458. The number of aliphatic carboxylic acids is 1. The molecule has 3 amide bonds. The van der Waals surface area contributed by atoms with Crippen molar-refractivity contribution in [3.05, 3.63) is 26.8 Å². The lowest BCUT2D eigenvalue weighted by atomic mass is 10.3. The van der Waals surface area contributed by atoms with Crippen LogP contribution in [0.2, 0.25) is 5.02 Å². The SMILES string of the molecule is NC(=O)CN(CC(=O)O)C(=O)Nc1ccc(Cl)cc1I. The highest BCUT2D eigenvalue weighted by Crippen LogP contribution is 2.22. The highest BCUT2D eigenvalue weighted by Gasteiger charge is 2.19. The van der Waals surface area contributed by atoms with Gasteiger partial charge in [-0.15, -0.1) is 0 Å². The fraction of sp³-hybridized carbons (Fsp3) is 0.182. The van der Waals surface area contributed by atoms with E-state index in [1.54, 1.807) is 18.2 Å². The number of carbonyl (C=O) groups excluding carboxylic acids is 2. The maximum atomic E-state index is 11.9. The van der Waals surface area contributed by atoms with Gasteiger partial charge in [-0.2, -0.15) is 0 Å². The molecule has 108 valence electrons. The fourth-order valence-corrected chi connectivity index (χ4v) is 2.34. The largest absolute Gasteiger partial charge is 0.480 e. The number of nitrogens with zero attached hydrogens (tertiary/aromatic N) is 1. The van der Waals surface area contributed by atoms with Gasteiger partial charge in [0.05, 0.1) is 5.69 Å². The van der Waals surface area contributed by atoms with E-state index in [2.05, 4.69) is 5.32 Å². The van der Waals surface area contributed by atoms with Gasteiger partial charge in [-0.3, -0.25) is 9.59 Å². The van der Waals surface area contributed by atoms with Gasteiger partial charge in [0.25, 0.3) is 0 Å². The predicted octanol–water partition coefficient (Wildman–Crippen LogP) is 1.35. The monoisotopic (exact) mass is 411 g/mol. The van der Waals surface area contributed by atoms with Crippen molar-refractivity contribution in [1.82, 2.24) is 4.90 Å². The number of rotatable bonds is 5. The summed E-state index contributed by atoms with van der Waals surface area (Å²) >= 11 is 7.75. The molecule has 1 rings (SSSR count). The summed E-state index contributed by atoms with van der Waals surface area (Å²) in [4.78, 5) is 34.2. The molecule has 1 aromatic rings. The number of anilines is 1. The minimum Gasteiger partial charge on any atom is -0.480 e. The van der Waals surface area contributed by atoms with Gasteiger partial charge in [-0.05, 0) is 40.8 Å². The van der Waals surface area contributed by atoms with Crippen LogP contribution in [0.3, 0.4) is 0 Å². The quantitative estimate of drug-likeness (QED) is 0.635. The van der Waals surface area contributed by atoms with E-state index in [4.69, 9.17) is 22.4 Å². The molecule has 0 aliphatic heterocycles. The van der Waals surface area contributed by atoms with Gasteiger partial charge in [0.15, 0.2) is 0 Å². The highest BCUT2D eigenvalue weighted by molar-refractivity contribution is 14.1. The summed E-state index contributed by atoms with van der Waals surface area (Å²) in [6, 6.07) is 4.06. The molecule has 20 heavy (non-hydrogen) atoms. The Balaban J connectivity index is 2.84. The number of benzene rings is 1. The number of amides is 3. The van der Waals surface area contributed by atoms with Crippen LogP contribution in [0.25, 0.3) is 0 Å². The number of carboxylic acid groups (broad SMARTS) is 1. The Kier molecular flexibility index (Phi) is 6.02. The van der Waals surface area contributed by atoms with Gasteiger partial charge in [0.2, 0.25) is 5.91 Å². The summed E-state index contributed by atoms with van der Waals surface area (Å²) in [7, 11) is 0. The first-order valence-electron chi connectivity index (χ1n) is 5.30. The molecule has 0 spiro atoms. The van der Waals surface area contributed by atoms with Crippen molar-refractivity contribution in [1.29, 1.82) is 0 Å². The Bertz CT molecular complexity index is 536. The Labute approximate surface area is 133 Å². The van der Waals surface area contributed by atoms with Crippen molar-refractivity contribution in [2.45, 2.75) is 0 Å². The summed E-state index contributed by atoms with van der Waals surface area (Å²) in [5.41, 5.74) is 5.44. The number of nitrogens with one attached hydrogen (secondary N) is 1. The van der Waals surface area contributed by atoms with Gasteiger partial charge in [0.1, 0.15) is 13.1 Å². The second-order valence-electron chi connectivity index (χ2n) is 3.77. The molecule has 0 saturated heterocycles. The van der Waals surface area contributed by atoms with E-state index in [0.29, 0.717) is 14.3 Å². The van der Waals surface area contributed by atoms with Crippen LogP contribution in [0.1, 0.15) is 0 Å². The van der Waals surface area contributed by atoms with Gasteiger partial charge in [-0.25, -0.2) is 4.79 Å². The zero-order valence-electron chi connectivity index (χ0n) is 10.1. The van der Waals surface area contributed by atoms with Crippen molar-refractivity contribution < 1.29 is 19.5 Å². The van der Waals surface area contributed by atoms with Crippen LogP contribution >= 0.6 is 34.2 Å². The maximum absolute atomic E-state index is 11.9. The average molecular weight is 412 g/mol. The summed E-state index contributed by atoms with van der Waals surface area (Å²) < 4.78 is 0.679. The molecule has 1 aromatic carbocycles. The molecule has 0 aromatic heterocycles. The van der Waals surface area contributed by atoms with Crippen LogP contribution in [-0.4, -0.2) is 41.0 Å². The Hall–Kier alpha value is -1.55. The summed E-state index contributed by atoms with van der Waals surface area (Å²) in [6.45, 7) is -1.11. The first-order chi connectivity index (χ1) is 9.29. The van der Waals surface area contributed by atoms with E-state index in [0.717, 1.165) is 4.90 Å². The Morgan fingerprint density at radius 3 is 2.50 bits per heavy atom. The number of hydrogen-bond donors (Lipinski definition) is 3. The summed E-state index contributed by atoms with van der Waals surface area (Å²) in [6.07, 6.45) is 0. The first-order valence-corrected chi connectivity index (χ1v) is 6.76. The molecule has 7 nitrogen and oxygen atoms in total. The zero-order chi connectivity index (χ0) is 15.3. The summed E-state index contributed by atoms with van der Waals surface area (Å²) in [5, 5.41) is 11.7. The smallest absolute Gasteiger partial charge is 0.323 e. The molecular weight excluding hydrogens is 400 g/mol. The number of primary amides is 1. The van der Waals surface area contributed by atoms with Crippen LogP contribution in [0.5, 0.6) is 0 Å². The van der Waals surface area contributed by atoms with Crippen LogP contribution in [0.15, 0.2) is 18.2 Å². The van der Waals surface area contributed by atoms with Gasteiger partial charge in [0, 0.05) is 8.59 Å². The van der Waals surface area contributed by atoms with Gasteiger partial charge >= 0.3 is 12.0 Å². The average Bonchev–Trinajstić information content (AvgIpc) is 2.30. The van der Waals surface area contributed by atoms with Crippen LogP contribution < -0.4 is 11.1 Å². The number of halogens is 2. The number of hydrogen-bond acceptors (Lipinski definition) is 3. The van der Waals surface area contributed by atoms with Crippen molar-refractivity contribution >= 4 is 57.8 Å². The fourth-order valence-electron chi connectivity index (χ4n) is 1.34. The summed E-state index contributed by atoms with van der Waals surface area (Å²) in [5.74, 6) is -2.04. The third-order valence-electron chi connectivity index (χ3n) is 2.13. The molecule has 0 saturated carbocycles. The molecule has 0 aliphatic rings. The third-order valence-corrected chi connectivity index (χ3v) is 3.26. The third kappa shape index (κ3) is 5.21. The van der Waals surface area contributed by atoms with E-state index in [1.807, 2.05) is 22.6 Å². The normalized spacial score (nSPS) is 9.90. The van der Waals surface area contributed by atoms with E-state index in [9.17, 15) is 14.4 Å². The molecule has 0 radical (unpaired) electrons.